The van der Waals surface area contributed by atoms with Gasteiger partial charge < -0.3 is 10.0 Å². The Hall–Kier alpha value is -2.13. The van der Waals surface area contributed by atoms with Crippen molar-refractivity contribution in [2.75, 3.05) is 11.4 Å². The molecule has 0 aliphatic carbocycles. The zero-order chi connectivity index (χ0) is 14.8. The molecule has 2 aromatic carbocycles. The first-order chi connectivity index (χ1) is 10.1. The first-order valence-corrected chi connectivity index (χ1v) is 7.28. The molecule has 1 atom stereocenters. The molecule has 1 amide bonds. The van der Waals surface area contributed by atoms with Crippen molar-refractivity contribution in [2.45, 2.75) is 25.9 Å². The maximum Gasteiger partial charge on any atom is 0.231 e. The van der Waals surface area contributed by atoms with Gasteiger partial charge in [0.2, 0.25) is 5.91 Å². The summed E-state index contributed by atoms with van der Waals surface area (Å²) in [5, 5.41) is 10.0. The number of fused-ring (bicyclic) bond motifs is 1. The monoisotopic (exact) mass is 281 g/mol. The molecule has 2 aromatic rings. The van der Waals surface area contributed by atoms with Crippen LogP contribution < -0.4 is 4.90 Å². The van der Waals surface area contributed by atoms with Crippen LogP contribution in [0.15, 0.2) is 48.5 Å². The van der Waals surface area contributed by atoms with E-state index in [0.717, 1.165) is 22.4 Å². The van der Waals surface area contributed by atoms with Gasteiger partial charge in [-0.3, -0.25) is 4.79 Å². The first-order valence-electron chi connectivity index (χ1n) is 7.28. The minimum atomic E-state index is -0.468. The van der Waals surface area contributed by atoms with Gasteiger partial charge in [0.05, 0.1) is 12.5 Å². The number of hydrogen-bond acceptors (Lipinski definition) is 2. The van der Waals surface area contributed by atoms with E-state index in [1.807, 2.05) is 55.5 Å². The molecule has 3 heteroatoms. The van der Waals surface area contributed by atoms with Crippen LogP contribution in [-0.2, 0) is 11.2 Å². The normalized spacial score (nSPS) is 17.4. The van der Waals surface area contributed by atoms with Crippen LogP contribution in [0.2, 0.25) is 0 Å². The number of hydrogen-bond donors (Lipinski definition) is 1. The number of para-hydroxylation sites is 1. The van der Waals surface area contributed by atoms with Crippen molar-refractivity contribution in [2.24, 2.45) is 0 Å². The fraction of sp³-hybridized carbons (Fsp3) is 0.278. The Morgan fingerprint density at radius 1 is 1.24 bits per heavy atom. The molecule has 0 saturated carbocycles. The van der Waals surface area contributed by atoms with Crippen molar-refractivity contribution in [3.8, 4) is 0 Å². The third-order valence-corrected chi connectivity index (χ3v) is 3.95. The Kier molecular flexibility index (Phi) is 3.76. The van der Waals surface area contributed by atoms with Gasteiger partial charge in [0.1, 0.15) is 0 Å². The molecule has 1 unspecified atom stereocenters. The second-order valence-electron chi connectivity index (χ2n) is 5.57. The van der Waals surface area contributed by atoms with E-state index in [4.69, 9.17) is 0 Å². The maximum absolute atomic E-state index is 12.6. The number of carbonyl (C=O) groups excluding carboxylic acids is 1. The Morgan fingerprint density at radius 3 is 2.86 bits per heavy atom. The van der Waals surface area contributed by atoms with Crippen molar-refractivity contribution in [3.05, 3.63) is 65.2 Å². The largest absolute Gasteiger partial charge is 0.388 e. The SMILES string of the molecule is Cc1cccc(CC(=O)N2CCC(O)c3ccccc32)c1. The number of anilines is 1. The third-order valence-electron chi connectivity index (χ3n) is 3.95. The van der Waals surface area contributed by atoms with E-state index in [9.17, 15) is 9.90 Å². The number of carbonyl (C=O) groups is 1. The zero-order valence-corrected chi connectivity index (χ0v) is 12.1. The summed E-state index contributed by atoms with van der Waals surface area (Å²) in [7, 11) is 0. The highest BCUT2D eigenvalue weighted by Gasteiger charge is 2.26. The van der Waals surface area contributed by atoms with Crippen LogP contribution in [0.25, 0.3) is 0 Å². The summed E-state index contributed by atoms with van der Waals surface area (Å²) >= 11 is 0. The second kappa shape index (κ2) is 5.70. The van der Waals surface area contributed by atoms with Crippen molar-refractivity contribution >= 4 is 11.6 Å². The third kappa shape index (κ3) is 2.83. The second-order valence-corrected chi connectivity index (χ2v) is 5.57. The van der Waals surface area contributed by atoms with E-state index in [0.29, 0.717) is 19.4 Å². The molecular formula is C18H19NO2. The number of aliphatic hydroxyl groups is 1. The average Bonchev–Trinajstić information content (AvgIpc) is 2.48. The van der Waals surface area contributed by atoms with Gasteiger partial charge in [0.15, 0.2) is 0 Å². The molecule has 0 saturated heterocycles. The van der Waals surface area contributed by atoms with Crippen LogP contribution in [0, 0.1) is 6.92 Å². The lowest BCUT2D eigenvalue weighted by atomic mass is 9.98. The fourth-order valence-corrected chi connectivity index (χ4v) is 2.89. The molecule has 21 heavy (non-hydrogen) atoms. The van der Waals surface area contributed by atoms with Crippen LogP contribution in [0.3, 0.4) is 0 Å². The highest BCUT2D eigenvalue weighted by molar-refractivity contribution is 5.96. The van der Waals surface area contributed by atoms with Crippen molar-refractivity contribution < 1.29 is 9.90 Å². The van der Waals surface area contributed by atoms with E-state index in [1.54, 1.807) is 4.90 Å². The van der Waals surface area contributed by atoms with Gasteiger partial charge in [0, 0.05) is 17.8 Å². The molecule has 108 valence electrons. The van der Waals surface area contributed by atoms with Gasteiger partial charge in [-0.1, -0.05) is 48.0 Å². The number of aliphatic hydroxyl groups excluding tert-OH is 1. The van der Waals surface area contributed by atoms with E-state index in [2.05, 4.69) is 0 Å². The number of benzene rings is 2. The fourth-order valence-electron chi connectivity index (χ4n) is 2.89. The topological polar surface area (TPSA) is 40.5 Å². The summed E-state index contributed by atoms with van der Waals surface area (Å²) in [6, 6.07) is 15.6. The number of amides is 1. The average molecular weight is 281 g/mol. The summed E-state index contributed by atoms with van der Waals surface area (Å²) in [6.07, 6.45) is 0.520. The molecule has 0 bridgehead atoms. The van der Waals surface area contributed by atoms with Crippen molar-refractivity contribution in [1.82, 2.24) is 0 Å². The van der Waals surface area contributed by atoms with Crippen LogP contribution in [0.1, 0.15) is 29.2 Å². The Labute approximate surface area is 124 Å². The molecule has 0 radical (unpaired) electrons. The number of rotatable bonds is 2. The van der Waals surface area contributed by atoms with Crippen LogP contribution in [0.4, 0.5) is 5.69 Å². The van der Waals surface area contributed by atoms with Gasteiger partial charge in [-0.05, 0) is 25.0 Å². The van der Waals surface area contributed by atoms with E-state index < -0.39 is 6.10 Å². The van der Waals surface area contributed by atoms with Gasteiger partial charge in [0.25, 0.3) is 0 Å². The predicted octanol–water partition coefficient (Wildman–Crippen LogP) is 3.01. The quantitative estimate of drug-likeness (QED) is 0.919. The molecule has 0 spiro atoms. The summed E-state index contributed by atoms with van der Waals surface area (Å²) < 4.78 is 0. The Balaban J connectivity index is 1.84. The minimum absolute atomic E-state index is 0.0833. The van der Waals surface area contributed by atoms with Gasteiger partial charge in [-0.2, -0.15) is 0 Å². The Morgan fingerprint density at radius 2 is 2.05 bits per heavy atom. The summed E-state index contributed by atoms with van der Waals surface area (Å²) in [4.78, 5) is 14.4. The molecule has 3 rings (SSSR count). The van der Waals surface area contributed by atoms with Gasteiger partial charge in [-0.25, -0.2) is 0 Å². The summed E-state index contributed by atoms with van der Waals surface area (Å²) in [5.74, 6) is 0.0833. The Bertz CT molecular complexity index is 666. The standard InChI is InChI=1S/C18H19NO2/c1-13-5-4-6-14(11-13)12-18(21)19-10-9-17(20)15-7-2-3-8-16(15)19/h2-8,11,17,20H,9-10,12H2,1H3. The van der Waals surface area contributed by atoms with E-state index >= 15 is 0 Å². The summed E-state index contributed by atoms with van der Waals surface area (Å²) in [5.41, 5.74) is 3.88. The smallest absolute Gasteiger partial charge is 0.231 e. The van der Waals surface area contributed by atoms with Crippen molar-refractivity contribution in [1.29, 1.82) is 0 Å². The molecule has 1 heterocycles. The summed E-state index contributed by atoms with van der Waals surface area (Å²) in [6.45, 7) is 2.60. The van der Waals surface area contributed by atoms with Crippen LogP contribution in [-0.4, -0.2) is 17.6 Å². The van der Waals surface area contributed by atoms with Crippen LogP contribution >= 0.6 is 0 Å². The van der Waals surface area contributed by atoms with Crippen molar-refractivity contribution in [3.63, 3.8) is 0 Å². The minimum Gasteiger partial charge on any atom is -0.388 e. The van der Waals surface area contributed by atoms with Gasteiger partial charge >= 0.3 is 0 Å². The number of aryl methyl sites for hydroxylation is 1. The van der Waals surface area contributed by atoms with Crippen LogP contribution in [0.5, 0.6) is 0 Å². The van der Waals surface area contributed by atoms with E-state index in [-0.39, 0.29) is 5.91 Å². The molecule has 1 aliphatic rings. The molecular weight excluding hydrogens is 262 g/mol. The lowest BCUT2D eigenvalue weighted by Gasteiger charge is -2.32. The molecule has 0 aromatic heterocycles. The molecule has 0 fully saturated rings. The van der Waals surface area contributed by atoms with Gasteiger partial charge in [-0.15, -0.1) is 0 Å². The zero-order valence-electron chi connectivity index (χ0n) is 12.1. The van der Waals surface area contributed by atoms with E-state index in [1.165, 1.54) is 0 Å². The first kappa shape index (κ1) is 13.8. The highest BCUT2D eigenvalue weighted by Crippen LogP contribution is 2.33. The predicted molar refractivity (Wildman–Crippen MR) is 83.3 cm³/mol. The molecule has 1 N–H and O–H groups in total. The lowest BCUT2D eigenvalue weighted by Crippen LogP contribution is -2.37. The lowest BCUT2D eigenvalue weighted by molar-refractivity contribution is -0.118. The molecule has 1 aliphatic heterocycles. The maximum atomic E-state index is 12.6. The highest BCUT2D eigenvalue weighted by atomic mass is 16.3. The molecule has 3 nitrogen and oxygen atoms in total. The number of nitrogens with zero attached hydrogens (tertiary/aromatic N) is 1.